The van der Waals surface area contributed by atoms with Crippen molar-refractivity contribution in [1.29, 1.82) is 0 Å². The van der Waals surface area contributed by atoms with Crippen LogP contribution in [-0.4, -0.2) is 25.5 Å². The van der Waals surface area contributed by atoms with Gasteiger partial charge in [-0.3, -0.25) is 9.59 Å². The second-order valence-electron chi connectivity index (χ2n) is 7.57. The Morgan fingerprint density at radius 3 is 2.48 bits per heavy atom. The van der Waals surface area contributed by atoms with Gasteiger partial charge in [0.1, 0.15) is 5.75 Å². The maximum absolute atomic E-state index is 13.1. The molecule has 0 radical (unpaired) electrons. The Morgan fingerprint density at radius 1 is 1.00 bits per heavy atom. The average Bonchev–Trinajstić information content (AvgIpc) is 2.78. The fraction of sp³-hybridized carbons (Fsp3) is 0.200. The standard InChI is InChI=1S/C25H23ClN2O3/c1-16-5-7-17(8-6-16)25(30)28-13-3-4-18-14-19(9-11-22(18)28)24(29)27-21-15-20(26)10-12-23(21)31-2/h5-12,14-15H,3-4,13H2,1-2H3,(H,27,29). The third-order valence-electron chi connectivity index (χ3n) is 5.41. The molecule has 0 saturated carbocycles. The summed E-state index contributed by atoms with van der Waals surface area (Å²) >= 11 is 6.06. The number of hydrogen-bond donors (Lipinski definition) is 1. The topological polar surface area (TPSA) is 58.6 Å². The summed E-state index contributed by atoms with van der Waals surface area (Å²) in [6.45, 7) is 2.65. The van der Waals surface area contributed by atoms with Gasteiger partial charge < -0.3 is 15.0 Å². The molecule has 3 aromatic rings. The molecule has 31 heavy (non-hydrogen) atoms. The average molecular weight is 435 g/mol. The SMILES string of the molecule is COc1ccc(Cl)cc1NC(=O)c1ccc2c(c1)CCCN2C(=O)c1ccc(C)cc1. The van der Waals surface area contributed by atoms with E-state index in [1.807, 2.05) is 43.3 Å². The molecule has 0 unspecified atom stereocenters. The minimum atomic E-state index is -0.259. The molecule has 1 heterocycles. The van der Waals surface area contributed by atoms with Crippen LogP contribution in [0.15, 0.2) is 60.7 Å². The fourth-order valence-corrected chi connectivity index (χ4v) is 3.95. The number of rotatable bonds is 4. The number of carbonyl (C=O) groups excluding carboxylic acids is 2. The van der Waals surface area contributed by atoms with Crippen LogP contribution in [0, 0.1) is 6.92 Å². The van der Waals surface area contributed by atoms with Crippen molar-refractivity contribution in [3.8, 4) is 5.75 Å². The number of hydrogen-bond acceptors (Lipinski definition) is 3. The number of ether oxygens (including phenoxy) is 1. The van der Waals surface area contributed by atoms with E-state index in [4.69, 9.17) is 16.3 Å². The van der Waals surface area contributed by atoms with Crippen LogP contribution in [0.25, 0.3) is 0 Å². The van der Waals surface area contributed by atoms with Crippen LogP contribution >= 0.6 is 11.6 Å². The maximum atomic E-state index is 13.1. The number of amides is 2. The van der Waals surface area contributed by atoms with Crippen molar-refractivity contribution >= 4 is 34.8 Å². The third-order valence-corrected chi connectivity index (χ3v) is 5.65. The summed E-state index contributed by atoms with van der Waals surface area (Å²) in [4.78, 5) is 27.7. The second-order valence-corrected chi connectivity index (χ2v) is 8.01. The molecule has 0 aromatic heterocycles. The van der Waals surface area contributed by atoms with E-state index in [1.54, 1.807) is 29.2 Å². The van der Waals surface area contributed by atoms with Gasteiger partial charge in [0, 0.05) is 28.4 Å². The van der Waals surface area contributed by atoms with Gasteiger partial charge in [0.25, 0.3) is 11.8 Å². The molecule has 158 valence electrons. The summed E-state index contributed by atoms with van der Waals surface area (Å²) in [6, 6.07) is 18.1. The van der Waals surface area contributed by atoms with Crippen molar-refractivity contribution in [2.75, 3.05) is 23.9 Å². The summed E-state index contributed by atoms with van der Waals surface area (Å²) < 4.78 is 5.30. The second kappa shape index (κ2) is 8.82. The highest BCUT2D eigenvalue weighted by molar-refractivity contribution is 6.31. The molecule has 2 amide bonds. The highest BCUT2D eigenvalue weighted by Gasteiger charge is 2.24. The van der Waals surface area contributed by atoms with E-state index >= 15 is 0 Å². The lowest BCUT2D eigenvalue weighted by Gasteiger charge is -2.30. The van der Waals surface area contributed by atoms with E-state index in [1.165, 1.54) is 7.11 Å². The van der Waals surface area contributed by atoms with Crippen molar-refractivity contribution in [3.05, 3.63) is 87.9 Å². The molecule has 4 rings (SSSR count). The van der Waals surface area contributed by atoms with E-state index in [0.29, 0.717) is 34.1 Å². The van der Waals surface area contributed by atoms with E-state index in [9.17, 15) is 9.59 Å². The van der Waals surface area contributed by atoms with Crippen LogP contribution in [0.3, 0.4) is 0 Å². The normalized spacial score (nSPS) is 12.8. The first-order valence-corrected chi connectivity index (χ1v) is 10.5. The number of anilines is 2. The lowest BCUT2D eigenvalue weighted by atomic mass is 9.98. The number of nitrogens with zero attached hydrogens (tertiary/aromatic N) is 1. The molecule has 1 aliphatic rings. The van der Waals surface area contributed by atoms with Gasteiger partial charge in [0.2, 0.25) is 0 Å². The Kier molecular flexibility index (Phi) is 5.96. The van der Waals surface area contributed by atoms with E-state index in [0.717, 1.165) is 29.7 Å². The first-order valence-electron chi connectivity index (χ1n) is 10.1. The smallest absolute Gasteiger partial charge is 0.258 e. The molecule has 3 aromatic carbocycles. The lowest BCUT2D eigenvalue weighted by molar-refractivity contribution is 0.0984. The molecular weight excluding hydrogens is 412 g/mol. The van der Waals surface area contributed by atoms with Crippen LogP contribution in [0.4, 0.5) is 11.4 Å². The molecule has 5 nitrogen and oxygen atoms in total. The Bertz CT molecular complexity index is 1140. The van der Waals surface area contributed by atoms with Crippen LogP contribution in [0.1, 0.15) is 38.3 Å². The monoisotopic (exact) mass is 434 g/mol. The van der Waals surface area contributed by atoms with Crippen LogP contribution in [-0.2, 0) is 6.42 Å². The zero-order chi connectivity index (χ0) is 22.0. The molecule has 0 atom stereocenters. The molecule has 1 N–H and O–H groups in total. The summed E-state index contributed by atoms with van der Waals surface area (Å²) in [5.41, 5.74) is 4.64. The molecule has 0 bridgehead atoms. The third kappa shape index (κ3) is 4.42. The number of aryl methyl sites for hydroxylation is 2. The van der Waals surface area contributed by atoms with Gasteiger partial charge >= 0.3 is 0 Å². The van der Waals surface area contributed by atoms with Gasteiger partial charge in [-0.25, -0.2) is 0 Å². The highest BCUT2D eigenvalue weighted by Crippen LogP contribution is 2.31. The predicted molar refractivity (Wildman–Crippen MR) is 124 cm³/mol. The molecule has 0 aliphatic carbocycles. The van der Waals surface area contributed by atoms with Crippen molar-refractivity contribution in [2.45, 2.75) is 19.8 Å². The van der Waals surface area contributed by atoms with Crippen molar-refractivity contribution < 1.29 is 14.3 Å². The number of nitrogens with one attached hydrogen (secondary N) is 1. The van der Waals surface area contributed by atoms with Gasteiger partial charge in [-0.1, -0.05) is 29.3 Å². The van der Waals surface area contributed by atoms with E-state index in [-0.39, 0.29) is 11.8 Å². The molecule has 0 fully saturated rings. The number of fused-ring (bicyclic) bond motifs is 1. The molecule has 0 saturated heterocycles. The summed E-state index contributed by atoms with van der Waals surface area (Å²) in [5.74, 6) is 0.248. The number of methoxy groups -OCH3 is 1. The summed E-state index contributed by atoms with van der Waals surface area (Å²) in [7, 11) is 1.54. The Balaban J connectivity index is 1.58. The largest absolute Gasteiger partial charge is 0.495 e. The van der Waals surface area contributed by atoms with Gasteiger partial charge in [0.15, 0.2) is 0 Å². The molecular formula is C25H23ClN2O3. The molecule has 1 aliphatic heterocycles. The maximum Gasteiger partial charge on any atom is 0.258 e. The lowest BCUT2D eigenvalue weighted by Crippen LogP contribution is -2.35. The summed E-state index contributed by atoms with van der Waals surface area (Å²) in [6.07, 6.45) is 1.66. The van der Waals surface area contributed by atoms with Gasteiger partial charge in [-0.05, 0) is 73.9 Å². The van der Waals surface area contributed by atoms with E-state index < -0.39 is 0 Å². The van der Waals surface area contributed by atoms with Gasteiger partial charge in [-0.2, -0.15) is 0 Å². The Labute approximate surface area is 186 Å². The molecule has 6 heteroatoms. The number of halogens is 1. The zero-order valence-corrected chi connectivity index (χ0v) is 18.2. The van der Waals surface area contributed by atoms with Gasteiger partial charge in [-0.15, -0.1) is 0 Å². The van der Waals surface area contributed by atoms with Crippen molar-refractivity contribution in [2.24, 2.45) is 0 Å². The van der Waals surface area contributed by atoms with E-state index in [2.05, 4.69) is 5.32 Å². The van der Waals surface area contributed by atoms with Crippen molar-refractivity contribution in [3.63, 3.8) is 0 Å². The Morgan fingerprint density at radius 2 is 1.74 bits per heavy atom. The first-order chi connectivity index (χ1) is 15.0. The van der Waals surface area contributed by atoms with Crippen molar-refractivity contribution in [1.82, 2.24) is 0 Å². The molecule has 0 spiro atoms. The quantitative estimate of drug-likeness (QED) is 0.589. The zero-order valence-electron chi connectivity index (χ0n) is 17.4. The first kappa shape index (κ1) is 20.9. The number of carbonyl (C=O) groups is 2. The highest BCUT2D eigenvalue weighted by atomic mass is 35.5. The van der Waals surface area contributed by atoms with Crippen LogP contribution < -0.4 is 15.0 Å². The Hall–Kier alpha value is -3.31. The minimum Gasteiger partial charge on any atom is -0.495 e. The predicted octanol–water partition coefficient (Wildman–Crippen LogP) is 5.50. The fourth-order valence-electron chi connectivity index (χ4n) is 3.77. The summed E-state index contributed by atoms with van der Waals surface area (Å²) in [5, 5.41) is 3.37. The van der Waals surface area contributed by atoms with Gasteiger partial charge in [0.05, 0.1) is 12.8 Å². The van der Waals surface area contributed by atoms with Crippen LogP contribution in [0.2, 0.25) is 5.02 Å². The van der Waals surface area contributed by atoms with Crippen LogP contribution in [0.5, 0.6) is 5.75 Å². The minimum absolute atomic E-state index is 0.0261. The number of benzene rings is 3.